The summed E-state index contributed by atoms with van der Waals surface area (Å²) in [5.74, 6) is 2.27. The largest absolute Gasteiger partial charge is 0.438 e. The number of halogens is 1. The fourth-order valence-corrected chi connectivity index (χ4v) is 2.52. The van der Waals surface area contributed by atoms with Crippen molar-refractivity contribution in [3.63, 3.8) is 0 Å². The molecule has 0 fully saturated rings. The van der Waals surface area contributed by atoms with Gasteiger partial charge in [-0.15, -0.1) is 0 Å². The van der Waals surface area contributed by atoms with Gasteiger partial charge in [0.25, 0.3) is 0 Å². The van der Waals surface area contributed by atoms with E-state index >= 15 is 0 Å². The maximum Gasteiger partial charge on any atom is 0.238 e. The van der Waals surface area contributed by atoms with Gasteiger partial charge in [0.05, 0.1) is 5.52 Å². The summed E-state index contributed by atoms with van der Waals surface area (Å²) in [5.41, 5.74) is 0.785. The number of pyridine rings is 1. The highest BCUT2D eigenvalue weighted by Crippen LogP contribution is 2.30. The average Bonchev–Trinajstić information content (AvgIpc) is 3.02. The summed E-state index contributed by atoms with van der Waals surface area (Å²) in [6.07, 6.45) is 4.98. The Morgan fingerprint density at radius 3 is 2.84 bits per heavy atom. The first-order valence-electron chi connectivity index (χ1n) is 7.49. The third kappa shape index (κ3) is 3.22. The van der Waals surface area contributed by atoms with Crippen LogP contribution < -0.4 is 10.1 Å². The zero-order chi connectivity index (χ0) is 17.2. The van der Waals surface area contributed by atoms with Crippen LogP contribution in [0.5, 0.6) is 11.6 Å². The van der Waals surface area contributed by atoms with Crippen molar-refractivity contribution in [3.8, 4) is 11.6 Å². The van der Waals surface area contributed by atoms with Gasteiger partial charge in [0, 0.05) is 30.9 Å². The van der Waals surface area contributed by atoms with E-state index in [1.165, 1.54) is 6.33 Å². The number of aryl methyl sites for hydroxylation is 1. The number of benzene rings is 1. The van der Waals surface area contributed by atoms with Gasteiger partial charge < -0.3 is 10.1 Å². The monoisotopic (exact) mass is 352 g/mol. The highest BCUT2D eigenvalue weighted by atomic mass is 35.5. The first kappa shape index (κ1) is 15.3. The van der Waals surface area contributed by atoms with Gasteiger partial charge in [-0.1, -0.05) is 11.6 Å². The molecule has 3 aromatic heterocycles. The van der Waals surface area contributed by atoms with Crippen LogP contribution >= 0.6 is 11.6 Å². The first-order chi connectivity index (χ1) is 12.2. The molecule has 7 nitrogen and oxygen atoms in total. The number of fused-ring (bicyclic) bond motifs is 1. The molecular weight excluding hydrogens is 340 g/mol. The van der Waals surface area contributed by atoms with Crippen LogP contribution in [0.4, 0.5) is 11.6 Å². The summed E-state index contributed by atoms with van der Waals surface area (Å²) in [4.78, 5) is 12.7. The fraction of sp³-hybridized carbons (Fsp3) is 0.0588. The topological polar surface area (TPSA) is 77.8 Å². The van der Waals surface area contributed by atoms with E-state index in [1.54, 1.807) is 23.0 Å². The SMILES string of the molecule is Cn1ccc(Nc2ncnc3ccc(Oc4ncccc4Cl)cc23)n1. The summed E-state index contributed by atoms with van der Waals surface area (Å²) < 4.78 is 7.49. The molecule has 3 heterocycles. The number of nitrogens with zero attached hydrogens (tertiary/aromatic N) is 5. The predicted molar refractivity (Wildman–Crippen MR) is 95.3 cm³/mol. The Kier molecular flexibility index (Phi) is 3.91. The summed E-state index contributed by atoms with van der Waals surface area (Å²) in [7, 11) is 1.85. The van der Waals surface area contributed by atoms with Crippen molar-refractivity contribution in [2.24, 2.45) is 7.05 Å². The van der Waals surface area contributed by atoms with Crippen molar-refractivity contribution in [1.29, 1.82) is 0 Å². The van der Waals surface area contributed by atoms with Crippen LogP contribution in [0.15, 0.2) is 55.1 Å². The van der Waals surface area contributed by atoms with Crippen molar-refractivity contribution in [3.05, 3.63) is 60.1 Å². The molecule has 0 saturated heterocycles. The molecule has 8 heteroatoms. The number of hydrogen-bond acceptors (Lipinski definition) is 6. The molecule has 0 saturated carbocycles. The first-order valence-corrected chi connectivity index (χ1v) is 7.87. The van der Waals surface area contributed by atoms with Gasteiger partial charge in [0.2, 0.25) is 5.88 Å². The third-order valence-electron chi connectivity index (χ3n) is 3.51. The van der Waals surface area contributed by atoms with Gasteiger partial charge >= 0.3 is 0 Å². The molecule has 0 spiro atoms. The molecule has 0 aliphatic carbocycles. The highest BCUT2D eigenvalue weighted by molar-refractivity contribution is 6.31. The third-order valence-corrected chi connectivity index (χ3v) is 3.79. The summed E-state index contributed by atoms with van der Waals surface area (Å²) in [6.45, 7) is 0. The van der Waals surface area contributed by atoms with E-state index in [9.17, 15) is 0 Å². The lowest BCUT2D eigenvalue weighted by Crippen LogP contribution is -1.98. The van der Waals surface area contributed by atoms with Crippen LogP contribution in [0, 0.1) is 0 Å². The lowest BCUT2D eigenvalue weighted by atomic mass is 10.2. The number of anilines is 2. The molecule has 0 bridgehead atoms. The highest BCUT2D eigenvalue weighted by Gasteiger charge is 2.09. The number of nitrogens with one attached hydrogen (secondary N) is 1. The van der Waals surface area contributed by atoms with Gasteiger partial charge in [-0.2, -0.15) is 5.10 Å². The van der Waals surface area contributed by atoms with Crippen molar-refractivity contribution in [2.75, 3.05) is 5.32 Å². The molecule has 4 aromatic rings. The molecule has 0 aliphatic rings. The van der Waals surface area contributed by atoms with Crippen LogP contribution in [0.2, 0.25) is 5.02 Å². The molecule has 1 N–H and O–H groups in total. The molecule has 0 atom stereocenters. The van der Waals surface area contributed by atoms with Crippen LogP contribution in [0.3, 0.4) is 0 Å². The van der Waals surface area contributed by atoms with Crippen LogP contribution in [0.25, 0.3) is 10.9 Å². The van der Waals surface area contributed by atoms with Gasteiger partial charge in [0.15, 0.2) is 5.82 Å². The molecule has 25 heavy (non-hydrogen) atoms. The van der Waals surface area contributed by atoms with E-state index in [4.69, 9.17) is 16.3 Å². The molecular formula is C17H13ClN6O. The van der Waals surface area contributed by atoms with Crippen LogP contribution in [-0.2, 0) is 7.05 Å². The lowest BCUT2D eigenvalue weighted by molar-refractivity contribution is 0.464. The quantitative estimate of drug-likeness (QED) is 0.599. The Morgan fingerprint density at radius 1 is 1.12 bits per heavy atom. The van der Waals surface area contributed by atoms with Gasteiger partial charge in [-0.3, -0.25) is 4.68 Å². The zero-order valence-corrected chi connectivity index (χ0v) is 14.0. The average molecular weight is 353 g/mol. The molecule has 0 amide bonds. The molecule has 0 aliphatic heterocycles. The standard InChI is InChI=1S/C17H13ClN6O/c1-24-8-6-15(23-24)22-16-12-9-11(4-5-14(12)20-10-21-16)25-17-13(18)3-2-7-19-17/h2-10H,1H3,(H,20,21,22,23). The summed E-state index contributed by atoms with van der Waals surface area (Å²) >= 11 is 6.10. The number of aromatic nitrogens is 5. The van der Waals surface area contributed by atoms with Crippen molar-refractivity contribution >= 4 is 34.1 Å². The molecule has 0 unspecified atom stereocenters. The zero-order valence-electron chi connectivity index (χ0n) is 13.2. The molecule has 1 aromatic carbocycles. The summed E-state index contributed by atoms with van der Waals surface area (Å²) in [6, 6.07) is 10.8. The summed E-state index contributed by atoms with van der Waals surface area (Å²) in [5, 5.41) is 8.74. The van der Waals surface area contributed by atoms with E-state index in [-0.39, 0.29) is 0 Å². The second-order valence-electron chi connectivity index (χ2n) is 5.29. The number of ether oxygens (including phenoxy) is 1. The van der Waals surface area contributed by atoms with Crippen molar-refractivity contribution < 1.29 is 4.74 Å². The minimum atomic E-state index is 0.347. The smallest absolute Gasteiger partial charge is 0.238 e. The Balaban J connectivity index is 1.71. The second kappa shape index (κ2) is 6.37. The minimum absolute atomic E-state index is 0.347. The Labute approximate surface area is 148 Å². The maximum absolute atomic E-state index is 6.10. The van der Waals surface area contributed by atoms with Gasteiger partial charge in [0.1, 0.15) is 22.9 Å². The predicted octanol–water partition coefficient (Wildman–Crippen LogP) is 3.95. The second-order valence-corrected chi connectivity index (χ2v) is 5.70. The Bertz CT molecular complexity index is 1050. The number of rotatable bonds is 4. The Hall–Kier alpha value is -3.19. The molecule has 4 rings (SSSR count). The van der Waals surface area contributed by atoms with Crippen molar-refractivity contribution in [2.45, 2.75) is 0 Å². The molecule has 124 valence electrons. The van der Waals surface area contributed by atoms with Crippen molar-refractivity contribution in [1.82, 2.24) is 24.7 Å². The van der Waals surface area contributed by atoms with Gasteiger partial charge in [-0.25, -0.2) is 15.0 Å². The van der Waals surface area contributed by atoms with Crippen LogP contribution in [-0.4, -0.2) is 24.7 Å². The van der Waals surface area contributed by atoms with E-state index in [2.05, 4.69) is 25.4 Å². The van der Waals surface area contributed by atoms with Gasteiger partial charge in [-0.05, 0) is 30.3 Å². The number of hydrogen-bond donors (Lipinski definition) is 1. The maximum atomic E-state index is 6.10. The lowest BCUT2D eigenvalue weighted by Gasteiger charge is -2.09. The fourth-order valence-electron chi connectivity index (χ4n) is 2.36. The van der Waals surface area contributed by atoms with E-state index in [1.807, 2.05) is 37.5 Å². The van der Waals surface area contributed by atoms with E-state index < -0.39 is 0 Å². The van der Waals surface area contributed by atoms with E-state index in [0.717, 1.165) is 10.9 Å². The van der Waals surface area contributed by atoms with E-state index in [0.29, 0.717) is 28.3 Å². The Morgan fingerprint density at radius 2 is 2.04 bits per heavy atom. The van der Waals surface area contributed by atoms with Crippen LogP contribution in [0.1, 0.15) is 0 Å². The molecule has 0 radical (unpaired) electrons. The normalized spacial score (nSPS) is 10.8. The minimum Gasteiger partial charge on any atom is -0.438 e.